The van der Waals surface area contributed by atoms with Gasteiger partial charge in [-0.15, -0.1) is 11.8 Å². The van der Waals surface area contributed by atoms with Gasteiger partial charge < -0.3 is 0 Å². The van der Waals surface area contributed by atoms with Gasteiger partial charge in [0.1, 0.15) is 0 Å². The van der Waals surface area contributed by atoms with Gasteiger partial charge in [-0.1, -0.05) is 29.8 Å². The summed E-state index contributed by atoms with van der Waals surface area (Å²) in [6, 6.07) is 15.0. The van der Waals surface area contributed by atoms with E-state index in [4.69, 9.17) is 0 Å². The van der Waals surface area contributed by atoms with Crippen LogP contribution in [0.3, 0.4) is 0 Å². The fraction of sp³-hybridized carbons (Fsp3) is 0.143. The average Bonchev–Trinajstić information content (AvgIpc) is 2.38. The Labute approximate surface area is 110 Å². The van der Waals surface area contributed by atoms with Gasteiger partial charge in [-0.25, -0.2) is 0 Å². The maximum atomic E-state index is 10.5. The van der Waals surface area contributed by atoms with Gasteiger partial charge in [0.05, 0.1) is 4.92 Å². The molecule has 0 spiro atoms. The van der Waals surface area contributed by atoms with Crippen molar-refractivity contribution < 1.29 is 4.92 Å². The van der Waals surface area contributed by atoms with Crippen molar-refractivity contribution >= 4 is 17.4 Å². The second-order valence-corrected chi connectivity index (χ2v) is 5.07. The summed E-state index contributed by atoms with van der Waals surface area (Å²) in [7, 11) is 0. The van der Waals surface area contributed by atoms with Crippen molar-refractivity contribution in [1.29, 1.82) is 0 Å². The fourth-order valence-corrected chi connectivity index (χ4v) is 2.37. The van der Waals surface area contributed by atoms with E-state index in [9.17, 15) is 10.1 Å². The number of nitro groups is 1. The summed E-state index contributed by atoms with van der Waals surface area (Å²) in [4.78, 5) is 11.2. The molecule has 0 heterocycles. The minimum Gasteiger partial charge on any atom is -0.258 e. The Morgan fingerprint density at radius 3 is 2.22 bits per heavy atom. The minimum absolute atomic E-state index is 0.134. The number of non-ortho nitro benzene ring substituents is 1. The lowest BCUT2D eigenvalue weighted by Crippen LogP contribution is -1.87. The van der Waals surface area contributed by atoms with E-state index < -0.39 is 0 Å². The largest absolute Gasteiger partial charge is 0.269 e. The van der Waals surface area contributed by atoms with Crippen LogP contribution < -0.4 is 0 Å². The first kappa shape index (κ1) is 12.6. The Morgan fingerprint density at radius 2 is 1.67 bits per heavy atom. The Bertz CT molecular complexity index is 535. The average molecular weight is 259 g/mol. The van der Waals surface area contributed by atoms with Crippen molar-refractivity contribution in [2.45, 2.75) is 17.6 Å². The van der Waals surface area contributed by atoms with Gasteiger partial charge >= 0.3 is 0 Å². The van der Waals surface area contributed by atoms with Gasteiger partial charge in [0.2, 0.25) is 0 Å². The van der Waals surface area contributed by atoms with E-state index in [0.717, 1.165) is 10.6 Å². The van der Waals surface area contributed by atoms with Crippen molar-refractivity contribution in [2.24, 2.45) is 0 Å². The molecular formula is C14H13NO2S. The number of nitro benzene ring substituents is 1. The van der Waals surface area contributed by atoms with E-state index in [1.54, 1.807) is 23.9 Å². The van der Waals surface area contributed by atoms with Crippen LogP contribution in [-0.2, 0) is 5.75 Å². The summed E-state index contributed by atoms with van der Waals surface area (Å²) in [5, 5.41) is 10.5. The van der Waals surface area contributed by atoms with Crippen LogP contribution in [0.4, 0.5) is 5.69 Å². The van der Waals surface area contributed by atoms with Gasteiger partial charge in [-0.05, 0) is 24.6 Å². The lowest BCUT2D eigenvalue weighted by Gasteiger charge is -2.02. The molecule has 0 saturated heterocycles. The van der Waals surface area contributed by atoms with Crippen molar-refractivity contribution in [2.75, 3.05) is 0 Å². The second kappa shape index (κ2) is 5.69. The fourth-order valence-electron chi connectivity index (χ4n) is 1.52. The van der Waals surface area contributed by atoms with Crippen LogP contribution in [0.5, 0.6) is 0 Å². The maximum absolute atomic E-state index is 10.5. The highest BCUT2D eigenvalue weighted by molar-refractivity contribution is 7.98. The zero-order chi connectivity index (χ0) is 13.0. The lowest BCUT2D eigenvalue weighted by atomic mass is 10.2. The Hall–Kier alpha value is -1.81. The third-order valence-electron chi connectivity index (χ3n) is 2.57. The third kappa shape index (κ3) is 3.34. The van der Waals surface area contributed by atoms with E-state index >= 15 is 0 Å². The first-order valence-electron chi connectivity index (χ1n) is 5.58. The van der Waals surface area contributed by atoms with Crippen LogP contribution >= 0.6 is 11.8 Å². The summed E-state index contributed by atoms with van der Waals surface area (Å²) in [6.07, 6.45) is 0. The third-order valence-corrected chi connectivity index (χ3v) is 3.66. The van der Waals surface area contributed by atoms with Crippen LogP contribution in [0.1, 0.15) is 11.1 Å². The maximum Gasteiger partial charge on any atom is 0.269 e. The smallest absolute Gasteiger partial charge is 0.258 e. The molecule has 0 aliphatic rings. The van der Waals surface area contributed by atoms with E-state index in [0.29, 0.717) is 0 Å². The molecule has 0 aliphatic heterocycles. The number of benzene rings is 2. The summed E-state index contributed by atoms with van der Waals surface area (Å²) in [5.74, 6) is 0.873. The topological polar surface area (TPSA) is 43.1 Å². The second-order valence-electron chi connectivity index (χ2n) is 4.03. The molecule has 0 fully saturated rings. The molecule has 4 heteroatoms. The molecule has 0 saturated carbocycles. The molecule has 0 radical (unpaired) electrons. The molecule has 2 aromatic rings. The standard InChI is InChI=1S/C14H13NO2S/c1-11-2-4-12(5-3-11)10-18-14-8-6-13(7-9-14)15(16)17/h2-9H,10H2,1H3. The van der Waals surface area contributed by atoms with Crippen LogP contribution in [0.15, 0.2) is 53.4 Å². The van der Waals surface area contributed by atoms with Crippen LogP contribution in [0.25, 0.3) is 0 Å². The molecule has 0 unspecified atom stereocenters. The predicted octanol–water partition coefficient (Wildman–Crippen LogP) is 4.20. The molecule has 92 valence electrons. The molecule has 0 aliphatic carbocycles. The zero-order valence-corrected chi connectivity index (χ0v) is 10.8. The van der Waals surface area contributed by atoms with Gasteiger partial charge in [0, 0.05) is 22.8 Å². The normalized spacial score (nSPS) is 10.3. The van der Waals surface area contributed by atoms with E-state index in [1.807, 2.05) is 0 Å². The highest BCUT2D eigenvalue weighted by Gasteiger charge is 2.04. The van der Waals surface area contributed by atoms with Crippen LogP contribution in [0.2, 0.25) is 0 Å². The van der Waals surface area contributed by atoms with Gasteiger partial charge in [0.25, 0.3) is 5.69 Å². The molecule has 0 bridgehead atoms. The number of hydrogen-bond acceptors (Lipinski definition) is 3. The number of thioether (sulfide) groups is 1. The predicted molar refractivity (Wildman–Crippen MR) is 73.8 cm³/mol. The molecule has 0 amide bonds. The SMILES string of the molecule is Cc1ccc(CSc2ccc([N+](=O)[O-])cc2)cc1. The van der Waals surface area contributed by atoms with Crippen molar-refractivity contribution in [1.82, 2.24) is 0 Å². The van der Waals surface area contributed by atoms with E-state index in [1.165, 1.54) is 23.3 Å². The quantitative estimate of drug-likeness (QED) is 0.469. The zero-order valence-electron chi connectivity index (χ0n) is 10.00. The van der Waals surface area contributed by atoms with E-state index in [-0.39, 0.29) is 10.6 Å². The molecule has 0 aromatic heterocycles. The van der Waals surface area contributed by atoms with Crippen molar-refractivity contribution in [3.05, 3.63) is 69.8 Å². The first-order chi connectivity index (χ1) is 8.65. The Morgan fingerprint density at radius 1 is 1.06 bits per heavy atom. The Kier molecular flexibility index (Phi) is 3.99. The lowest BCUT2D eigenvalue weighted by molar-refractivity contribution is -0.384. The van der Waals surface area contributed by atoms with Crippen molar-refractivity contribution in [3.63, 3.8) is 0 Å². The van der Waals surface area contributed by atoms with Crippen LogP contribution in [-0.4, -0.2) is 4.92 Å². The van der Waals surface area contributed by atoms with Crippen molar-refractivity contribution in [3.8, 4) is 0 Å². The molecule has 2 aromatic carbocycles. The first-order valence-corrected chi connectivity index (χ1v) is 6.56. The summed E-state index contributed by atoms with van der Waals surface area (Å²) >= 11 is 1.68. The number of hydrogen-bond donors (Lipinski definition) is 0. The molecule has 0 N–H and O–H groups in total. The molecule has 0 atom stereocenters. The number of rotatable bonds is 4. The minimum atomic E-state index is -0.381. The monoisotopic (exact) mass is 259 g/mol. The Balaban J connectivity index is 1.97. The molecular weight excluding hydrogens is 246 g/mol. The van der Waals surface area contributed by atoms with Gasteiger partial charge in [0.15, 0.2) is 0 Å². The molecule has 3 nitrogen and oxygen atoms in total. The highest BCUT2D eigenvalue weighted by Crippen LogP contribution is 2.24. The van der Waals surface area contributed by atoms with Crippen LogP contribution in [0, 0.1) is 17.0 Å². The summed E-state index contributed by atoms with van der Waals surface area (Å²) in [6.45, 7) is 2.06. The molecule has 18 heavy (non-hydrogen) atoms. The summed E-state index contributed by atoms with van der Waals surface area (Å²) < 4.78 is 0. The number of aryl methyl sites for hydroxylation is 1. The van der Waals surface area contributed by atoms with Gasteiger partial charge in [-0.3, -0.25) is 10.1 Å². The molecule has 2 rings (SSSR count). The highest BCUT2D eigenvalue weighted by atomic mass is 32.2. The van der Waals surface area contributed by atoms with Gasteiger partial charge in [-0.2, -0.15) is 0 Å². The summed E-state index contributed by atoms with van der Waals surface area (Å²) in [5.41, 5.74) is 2.64. The number of nitrogens with zero attached hydrogens (tertiary/aromatic N) is 1. The van der Waals surface area contributed by atoms with E-state index in [2.05, 4.69) is 31.2 Å².